The summed E-state index contributed by atoms with van der Waals surface area (Å²) in [6.45, 7) is 0. The third-order valence-electron chi connectivity index (χ3n) is 0. The molecule has 0 unspecified atom stereocenters. The Morgan fingerprint density at radius 3 is 1.25 bits per heavy atom. The summed E-state index contributed by atoms with van der Waals surface area (Å²) in [4.78, 5) is 0. The van der Waals surface area contributed by atoms with E-state index in [0.717, 1.165) is 0 Å². The Labute approximate surface area is 44.4 Å². The smallest absolute Gasteiger partial charge is 0.197 e. The molecule has 0 aliphatic carbocycles. The fourth-order valence-electron chi connectivity index (χ4n) is 0. The first kappa shape index (κ1) is 22.4. The van der Waals surface area contributed by atoms with Crippen LogP contribution in [0, 0.1) is 0 Å². The van der Waals surface area contributed by atoms with Crippen molar-refractivity contribution in [3.8, 4) is 0 Å². The van der Waals surface area contributed by atoms with Crippen LogP contribution in [-0.4, -0.2) is 31.5 Å². The molecule has 0 aromatic carbocycles. The fraction of sp³-hybridized carbons (Fsp3) is 0. The van der Waals surface area contributed by atoms with E-state index >= 15 is 0 Å². The molecule has 0 atom stereocenters. The van der Waals surface area contributed by atoms with Crippen molar-refractivity contribution < 1.29 is 4.21 Å². The molecule has 0 saturated carbocycles. The summed E-state index contributed by atoms with van der Waals surface area (Å²) in [5.74, 6) is 0. The molecular formula is BLiOS. The molecule has 0 rings (SSSR count). The number of hydrogen-bond donors (Lipinski definition) is 0. The van der Waals surface area contributed by atoms with Gasteiger partial charge in [-0.15, -0.1) is 0 Å². The van der Waals surface area contributed by atoms with Gasteiger partial charge in [0.2, 0.25) is 0 Å². The summed E-state index contributed by atoms with van der Waals surface area (Å²) >= 11 is 2.83. The van der Waals surface area contributed by atoms with Crippen LogP contribution < -0.4 is 0 Å². The molecule has 0 aromatic heterocycles. The summed E-state index contributed by atoms with van der Waals surface area (Å²) < 4.78 is 7.83. The van der Waals surface area contributed by atoms with E-state index in [0.29, 0.717) is 0 Å². The zero-order valence-corrected chi connectivity index (χ0v) is 3.21. The van der Waals surface area contributed by atoms with Crippen LogP contribution in [0.2, 0.25) is 0 Å². The van der Waals surface area contributed by atoms with Crippen molar-refractivity contribution in [1.82, 2.24) is 0 Å². The van der Waals surface area contributed by atoms with Crippen molar-refractivity contribution in [3.63, 3.8) is 0 Å². The van der Waals surface area contributed by atoms with Gasteiger partial charge in [-0.2, -0.15) is 4.21 Å². The van der Waals surface area contributed by atoms with Crippen LogP contribution in [0.1, 0.15) is 0 Å². The maximum atomic E-state index is 7.83. The molecule has 4 radical (unpaired) electrons. The first-order valence-corrected chi connectivity index (χ1v) is 0.500. The molecule has 16 valence electrons. The maximum absolute atomic E-state index is 7.83. The fourth-order valence-corrected chi connectivity index (χ4v) is 0. The summed E-state index contributed by atoms with van der Waals surface area (Å²) in [6.07, 6.45) is 0. The van der Waals surface area contributed by atoms with Gasteiger partial charge in [-0.3, -0.25) is 0 Å². The zero-order chi connectivity index (χ0) is 2.00. The normalized spacial score (nSPS) is 1.00. The maximum Gasteiger partial charge on any atom is 0.197 e. The summed E-state index contributed by atoms with van der Waals surface area (Å²) in [5, 5.41) is 0. The molecule has 0 amide bonds. The van der Waals surface area contributed by atoms with Crippen molar-refractivity contribution in [3.05, 3.63) is 0 Å². The molecule has 0 aliphatic heterocycles. The van der Waals surface area contributed by atoms with Gasteiger partial charge in [0.05, 0.1) is 0 Å². The average molecular weight is 65.8 g/mol. The molecule has 4 heavy (non-hydrogen) atoms. The van der Waals surface area contributed by atoms with Crippen LogP contribution in [0.15, 0.2) is 0 Å². The van der Waals surface area contributed by atoms with Gasteiger partial charge in [0, 0.05) is 27.3 Å². The standard InChI is InChI=1S/B.Li.OS/c;;1-2. The van der Waals surface area contributed by atoms with Gasteiger partial charge in [0.25, 0.3) is 0 Å². The second-order valence-corrected chi connectivity index (χ2v) is 0. The molecular weight excluding hydrogens is 65.8 g/mol. The molecule has 0 spiro atoms. The monoisotopic (exact) mass is 66.0 g/mol. The minimum atomic E-state index is 0. The van der Waals surface area contributed by atoms with E-state index in [1.165, 1.54) is 0 Å². The molecule has 0 saturated heterocycles. The number of hydrogen-bond acceptors (Lipinski definition) is 2. The van der Waals surface area contributed by atoms with E-state index in [9.17, 15) is 0 Å². The molecule has 0 heterocycles. The van der Waals surface area contributed by atoms with E-state index in [-0.39, 0.29) is 27.3 Å². The molecule has 0 N–H and O–H groups in total. The van der Waals surface area contributed by atoms with Crippen LogP contribution in [-0.2, 0) is 12.5 Å². The van der Waals surface area contributed by atoms with Crippen molar-refractivity contribution in [2.24, 2.45) is 0 Å². The Hall–Kier alpha value is 0.682. The average Bonchev–Trinajstić information content (AvgIpc) is 1.00. The summed E-state index contributed by atoms with van der Waals surface area (Å²) in [6, 6.07) is 0. The van der Waals surface area contributed by atoms with Gasteiger partial charge in [-0.25, -0.2) is 0 Å². The third kappa shape index (κ3) is 16.3. The van der Waals surface area contributed by atoms with Crippen molar-refractivity contribution >= 4 is 39.8 Å². The topological polar surface area (TPSA) is 17.1 Å². The first-order chi connectivity index (χ1) is 1.00. The van der Waals surface area contributed by atoms with Gasteiger partial charge >= 0.3 is 0 Å². The Balaban J connectivity index is -0.00000000500. The predicted octanol–water partition coefficient (Wildman–Crippen LogP) is -1.10. The quantitative estimate of drug-likeness (QED) is 0.334. The molecule has 4 heteroatoms. The van der Waals surface area contributed by atoms with E-state index < -0.39 is 0 Å². The Morgan fingerprint density at radius 2 is 1.25 bits per heavy atom. The SMILES string of the molecule is O=S.[B].[Li]. The van der Waals surface area contributed by atoms with Crippen molar-refractivity contribution in [1.29, 1.82) is 0 Å². The Morgan fingerprint density at radius 1 is 1.25 bits per heavy atom. The third-order valence-corrected chi connectivity index (χ3v) is 0. The number of rotatable bonds is 0. The van der Waals surface area contributed by atoms with Crippen LogP contribution in [0.25, 0.3) is 0 Å². The molecule has 0 fully saturated rings. The van der Waals surface area contributed by atoms with Crippen molar-refractivity contribution in [2.45, 2.75) is 0 Å². The minimum absolute atomic E-state index is 0. The minimum Gasteiger partial charge on any atom is -0.197 e. The van der Waals surface area contributed by atoms with Crippen LogP contribution >= 0.6 is 0 Å². The summed E-state index contributed by atoms with van der Waals surface area (Å²) in [5.41, 5.74) is 0. The van der Waals surface area contributed by atoms with E-state index in [1.807, 2.05) is 0 Å². The van der Waals surface area contributed by atoms with Crippen molar-refractivity contribution in [2.75, 3.05) is 0 Å². The molecule has 0 bridgehead atoms. The van der Waals surface area contributed by atoms with Gasteiger partial charge in [-0.1, -0.05) is 0 Å². The van der Waals surface area contributed by atoms with Crippen LogP contribution in [0.5, 0.6) is 0 Å². The van der Waals surface area contributed by atoms with Crippen LogP contribution in [0.4, 0.5) is 0 Å². The zero-order valence-electron chi connectivity index (χ0n) is 2.39. The predicted molar refractivity (Wildman–Crippen MR) is 19.7 cm³/mol. The van der Waals surface area contributed by atoms with E-state index in [1.54, 1.807) is 0 Å². The molecule has 0 aliphatic rings. The van der Waals surface area contributed by atoms with Gasteiger partial charge < -0.3 is 0 Å². The second kappa shape index (κ2) is 56.9. The van der Waals surface area contributed by atoms with Gasteiger partial charge in [0.1, 0.15) is 0 Å². The van der Waals surface area contributed by atoms with Crippen LogP contribution in [0.3, 0.4) is 0 Å². The molecule has 0 aromatic rings. The van der Waals surface area contributed by atoms with E-state index in [2.05, 4.69) is 12.5 Å². The summed E-state index contributed by atoms with van der Waals surface area (Å²) in [7, 11) is 0. The van der Waals surface area contributed by atoms with Gasteiger partial charge in [-0.05, 0) is 0 Å². The first-order valence-electron chi connectivity index (χ1n) is 0.167. The van der Waals surface area contributed by atoms with Gasteiger partial charge in [0.15, 0.2) is 12.5 Å². The Bertz CT molecular complexity index is 8.00. The second-order valence-electron chi connectivity index (χ2n) is 0. The van der Waals surface area contributed by atoms with E-state index in [4.69, 9.17) is 4.21 Å². The Kier molecular flexibility index (Phi) is 319. The molecule has 1 nitrogen and oxygen atoms in total. The largest absolute Gasteiger partial charge is 0.197 e.